The van der Waals surface area contributed by atoms with Crippen LogP contribution in [0.5, 0.6) is 11.5 Å². The van der Waals surface area contributed by atoms with Crippen molar-refractivity contribution in [3.05, 3.63) is 58.1 Å². The van der Waals surface area contributed by atoms with Crippen LogP contribution in [0, 0.1) is 0 Å². The van der Waals surface area contributed by atoms with Crippen LogP contribution in [0.1, 0.15) is 5.56 Å². The van der Waals surface area contributed by atoms with Gasteiger partial charge in [0, 0.05) is 0 Å². The first-order chi connectivity index (χ1) is 12.5. The monoisotopic (exact) mass is 396 g/mol. The van der Waals surface area contributed by atoms with Gasteiger partial charge < -0.3 is 14.6 Å². The van der Waals surface area contributed by atoms with Crippen LogP contribution in [-0.4, -0.2) is 36.4 Å². The number of aliphatic carboxylic acids is 1. The maximum Gasteiger partial charge on any atom is 0.341 e. The normalized spacial score (nSPS) is 10.5. The summed E-state index contributed by atoms with van der Waals surface area (Å²) in [6, 6.07) is 11.4. The molecule has 136 valence electrons. The average molecular weight is 397 g/mol. The van der Waals surface area contributed by atoms with E-state index in [1.165, 1.54) is 6.21 Å². The number of carbonyl (C=O) groups is 2. The van der Waals surface area contributed by atoms with E-state index in [-0.39, 0.29) is 11.6 Å². The predicted molar refractivity (Wildman–Crippen MR) is 97.3 cm³/mol. The molecule has 0 aliphatic heterocycles. The average Bonchev–Trinajstić information content (AvgIpc) is 2.62. The van der Waals surface area contributed by atoms with Crippen molar-refractivity contribution in [1.82, 2.24) is 5.43 Å². The molecule has 0 aliphatic rings. The second-order valence-electron chi connectivity index (χ2n) is 4.89. The Bertz CT molecular complexity index is 809. The number of carbonyl (C=O) groups excluding carboxylic acids is 1. The van der Waals surface area contributed by atoms with Gasteiger partial charge in [0.15, 0.2) is 13.2 Å². The lowest BCUT2D eigenvalue weighted by Crippen LogP contribution is -2.24. The summed E-state index contributed by atoms with van der Waals surface area (Å²) in [7, 11) is 0. The molecular weight excluding hydrogens is 383 g/mol. The number of rotatable bonds is 8. The molecule has 0 heterocycles. The summed E-state index contributed by atoms with van der Waals surface area (Å²) >= 11 is 11.8. The molecule has 0 radical (unpaired) electrons. The van der Waals surface area contributed by atoms with E-state index in [1.54, 1.807) is 42.5 Å². The van der Waals surface area contributed by atoms with Crippen LogP contribution in [0.25, 0.3) is 0 Å². The molecular formula is C17H14Cl2N2O5. The zero-order valence-corrected chi connectivity index (χ0v) is 14.8. The number of benzene rings is 2. The molecule has 9 heteroatoms. The fourth-order valence-electron chi connectivity index (χ4n) is 1.75. The van der Waals surface area contributed by atoms with Gasteiger partial charge in [-0.05, 0) is 42.0 Å². The Balaban J connectivity index is 1.79. The molecule has 1 amide bonds. The minimum Gasteiger partial charge on any atom is -0.482 e. The van der Waals surface area contributed by atoms with Crippen LogP contribution in [0.4, 0.5) is 0 Å². The number of nitrogens with one attached hydrogen (secondary N) is 1. The van der Waals surface area contributed by atoms with Gasteiger partial charge in [0.25, 0.3) is 5.91 Å². The first-order valence-corrected chi connectivity index (χ1v) is 8.04. The molecule has 0 bridgehead atoms. The van der Waals surface area contributed by atoms with E-state index in [4.69, 9.17) is 37.8 Å². The predicted octanol–water partition coefficient (Wildman–Crippen LogP) is 2.99. The van der Waals surface area contributed by atoms with Gasteiger partial charge in [-0.15, -0.1) is 0 Å². The molecule has 0 saturated heterocycles. The third kappa shape index (κ3) is 6.27. The number of amides is 1. The summed E-state index contributed by atoms with van der Waals surface area (Å²) in [5, 5.41) is 12.9. The van der Waals surface area contributed by atoms with Crippen molar-refractivity contribution < 1.29 is 24.2 Å². The zero-order valence-electron chi connectivity index (χ0n) is 13.3. The number of ether oxygens (including phenoxy) is 2. The Labute approximate surface area is 159 Å². The zero-order chi connectivity index (χ0) is 18.9. The maximum absolute atomic E-state index is 11.7. The molecule has 0 spiro atoms. The van der Waals surface area contributed by atoms with Gasteiger partial charge in [-0.25, -0.2) is 10.2 Å². The van der Waals surface area contributed by atoms with E-state index >= 15 is 0 Å². The van der Waals surface area contributed by atoms with Crippen LogP contribution in [0.3, 0.4) is 0 Å². The Morgan fingerprint density at radius 1 is 1.08 bits per heavy atom. The highest BCUT2D eigenvalue weighted by Gasteiger charge is 2.07. The second-order valence-corrected chi connectivity index (χ2v) is 5.67. The Morgan fingerprint density at radius 2 is 1.81 bits per heavy atom. The maximum atomic E-state index is 11.7. The van der Waals surface area contributed by atoms with E-state index in [1.807, 2.05) is 0 Å². The smallest absolute Gasteiger partial charge is 0.341 e. The molecule has 0 saturated carbocycles. The van der Waals surface area contributed by atoms with Gasteiger partial charge in [-0.3, -0.25) is 4.79 Å². The lowest BCUT2D eigenvalue weighted by Gasteiger charge is -2.07. The highest BCUT2D eigenvalue weighted by molar-refractivity contribution is 6.42. The van der Waals surface area contributed by atoms with Crippen molar-refractivity contribution in [2.45, 2.75) is 0 Å². The minimum absolute atomic E-state index is 0.232. The first-order valence-electron chi connectivity index (χ1n) is 7.29. The van der Waals surface area contributed by atoms with E-state index in [0.29, 0.717) is 22.1 Å². The fraction of sp³-hybridized carbons (Fsp3) is 0.118. The molecule has 2 rings (SSSR count). The van der Waals surface area contributed by atoms with Crippen molar-refractivity contribution >= 4 is 41.3 Å². The van der Waals surface area contributed by atoms with Crippen molar-refractivity contribution in [2.24, 2.45) is 5.10 Å². The Kier molecular flexibility index (Phi) is 7.25. The largest absolute Gasteiger partial charge is 0.482 e. The second kappa shape index (κ2) is 9.65. The highest BCUT2D eigenvalue weighted by atomic mass is 35.5. The lowest BCUT2D eigenvalue weighted by molar-refractivity contribution is -0.139. The van der Waals surface area contributed by atoms with Crippen LogP contribution < -0.4 is 14.9 Å². The number of carboxylic acid groups (broad SMARTS) is 1. The van der Waals surface area contributed by atoms with Crippen LogP contribution >= 0.6 is 23.2 Å². The number of hydrogen-bond acceptors (Lipinski definition) is 5. The number of carboxylic acids is 1. The summed E-state index contributed by atoms with van der Waals surface area (Å²) in [6.07, 6.45) is 1.42. The summed E-state index contributed by atoms with van der Waals surface area (Å²) in [5.74, 6) is -0.811. The molecule has 26 heavy (non-hydrogen) atoms. The molecule has 0 aromatic heterocycles. The number of hydrazone groups is 1. The molecule has 2 N–H and O–H groups in total. The number of hydrogen-bond donors (Lipinski definition) is 2. The Morgan fingerprint density at radius 3 is 2.50 bits per heavy atom. The SMILES string of the molecule is O=C(O)COc1ccc(C=NNC(=O)COc2cccc(Cl)c2Cl)cc1. The molecule has 0 unspecified atom stereocenters. The van der Waals surface area contributed by atoms with Crippen molar-refractivity contribution in [3.63, 3.8) is 0 Å². The van der Waals surface area contributed by atoms with Crippen LogP contribution in [-0.2, 0) is 9.59 Å². The lowest BCUT2D eigenvalue weighted by atomic mass is 10.2. The molecule has 2 aromatic rings. The molecule has 2 aromatic carbocycles. The van der Waals surface area contributed by atoms with E-state index in [2.05, 4.69) is 10.5 Å². The highest BCUT2D eigenvalue weighted by Crippen LogP contribution is 2.31. The quantitative estimate of drug-likeness (QED) is 0.527. The number of halogens is 2. The summed E-state index contributed by atoms with van der Waals surface area (Å²) in [6.45, 7) is -0.695. The van der Waals surface area contributed by atoms with Crippen molar-refractivity contribution in [1.29, 1.82) is 0 Å². The van der Waals surface area contributed by atoms with Gasteiger partial charge in [0.1, 0.15) is 16.5 Å². The van der Waals surface area contributed by atoms with Crippen LogP contribution in [0.15, 0.2) is 47.6 Å². The molecule has 7 nitrogen and oxygen atoms in total. The third-order valence-electron chi connectivity index (χ3n) is 2.92. The van der Waals surface area contributed by atoms with Crippen molar-refractivity contribution in [3.8, 4) is 11.5 Å². The molecule has 0 aliphatic carbocycles. The van der Waals surface area contributed by atoms with E-state index in [9.17, 15) is 9.59 Å². The van der Waals surface area contributed by atoms with Gasteiger partial charge >= 0.3 is 5.97 Å². The van der Waals surface area contributed by atoms with Gasteiger partial charge in [-0.2, -0.15) is 5.10 Å². The van der Waals surface area contributed by atoms with Gasteiger partial charge in [-0.1, -0.05) is 29.3 Å². The molecule has 0 fully saturated rings. The standard InChI is InChI=1S/C17H14Cl2N2O5/c18-13-2-1-3-14(17(13)19)26-9-15(22)21-20-8-11-4-6-12(7-5-11)25-10-16(23)24/h1-8H,9-10H2,(H,21,22)(H,23,24). The summed E-state index contributed by atoms with van der Waals surface area (Å²) in [4.78, 5) is 22.1. The third-order valence-corrected chi connectivity index (χ3v) is 3.72. The Hall–Kier alpha value is -2.77. The van der Waals surface area contributed by atoms with Gasteiger partial charge in [0.05, 0.1) is 11.2 Å². The topological polar surface area (TPSA) is 97.2 Å². The molecule has 0 atom stereocenters. The summed E-state index contributed by atoms with van der Waals surface area (Å²) < 4.78 is 10.3. The van der Waals surface area contributed by atoms with Crippen LogP contribution in [0.2, 0.25) is 10.0 Å². The minimum atomic E-state index is -1.06. The summed E-state index contributed by atoms with van der Waals surface area (Å²) in [5.41, 5.74) is 3.00. The van der Waals surface area contributed by atoms with Crippen molar-refractivity contribution in [2.75, 3.05) is 13.2 Å². The number of nitrogens with zero attached hydrogens (tertiary/aromatic N) is 1. The first kappa shape index (κ1) is 19.6. The van der Waals surface area contributed by atoms with E-state index in [0.717, 1.165) is 0 Å². The van der Waals surface area contributed by atoms with Gasteiger partial charge in [0.2, 0.25) is 0 Å². The van der Waals surface area contributed by atoms with E-state index < -0.39 is 18.5 Å². The fourth-order valence-corrected chi connectivity index (χ4v) is 2.09.